The molecular weight excluding hydrogens is 276 g/mol. The van der Waals surface area contributed by atoms with E-state index >= 15 is 0 Å². The molecule has 0 radical (unpaired) electrons. The fraction of sp³-hybridized carbons (Fsp3) is 0.467. The number of hydrogen-bond acceptors (Lipinski definition) is 6. The minimum atomic E-state index is -0.483. The van der Waals surface area contributed by atoms with E-state index in [2.05, 4.69) is 0 Å². The van der Waals surface area contributed by atoms with Gasteiger partial charge in [-0.05, 0) is 12.1 Å². The van der Waals surface area contributed by atoms with Crippen LogP contribution in [0.1, 0.15) is 17.3 Å². The predicted molar refractivity (Wildman–Crippen MR) is 70.7 cm³/mol. The average Bonchev–Trinajstić information content (AvgIpc) is 3.04. The summed E-state index contributed by atoms with van der Waals surface area (Å²) in [5.41, 5.74) is 0.482. The zero-order valence-corrected chi connectivity index (χ0v) is 11.6. The Balaban J connectivity index is 1.62. The highest BCUT2D eigenvalue weighted by Crippen LogP contribution is 2.31. The maximum absolute atomic E-state index is 12.0. The maximum atomic E-state index is 12.0. The van der Waals surface area contributed by atoms with Crippen LogP contribution in [-0.4, -0.2) is 49.6 Å². The number of benzene rings is 1. The van der Waals surface area contributed by atoms with Crippen LogP contribution in [-0.2, 0) is 23.7 Å². The van der Waals surface area contributed by atoms with Gasteiger partial charge in [0.1, 0.15) is 12.2 Å². The van der Waals surface area contributed by atoms with Gasteiger partial charge in [-0.2, -0.15) is 0 Å². The van der Waals surface area contributed by atoms with Crippen molar-refractivity contribution in [1.29, 1.82) is 0 Å². The summed E-state index contributed by atoms with van der Waals surface area (Å²) in [6.07, 6.45) is -1.68. The molecule has 2 aliphatic rings. The van der Waals surface area contributed by atoms with Gasteiger partial charge in [-0.1, -0.05) is 18.2 Å². The van der Waals surface area contributed by atoms with E-state index in [1.165, 1.54) is 6.92 Å². The van der Waals surface area contributed by atoms with Gasteiger partial charge in [0.2, 0.25) is 0 Å². The Labute approximate surface area is 121 Å². The van der Waals surface area contributed by atoms with E-state index in [1.807, 2.05) is 6.07 Å². The molecule has 0 saturated carbocycles. The first-order chi connectivity index (χ1) is 10.1. The Hall–Kier alpha value is -1.92. The Morgan fingerprint density at radius 3 is 2.14 bits per heavy atom. The van der Waals surface area contributed by atoms with Crippen molar-refractivity contribution in [1.82, 2.24) is 0 Å². The topological polar surface area (TPSA) is 71.1 Å². The van der Waals surface area contributed by atoms with E-state index in [-0.39, 0.29) is 31.4 Å². The van der Waals surface area contributed by atoms with Gasteiger partial charge in [-0.25, -0.2) is 4.79 Å². The first-order valence-corrected chi connectivity index (χ1v) is 6.81. The first kappa shape index (κ1) is 14.0. The third-order valence-corrected chi connectivity index (χ3v) is 3.55. The summed E-state index contributed by atoms with van der Waals surface area (Å²) < 4.78 is 21.7. The lowest BCUT2D eigenvalue weighted by Gasteiger charge is -2.17. The summed E-state index contributed by atoms with van der Waals surface area (Å²) >= 11 is 0. The van der Waals surface area contributed by atoms with Crippen molar-refractivity contribution in [2.45, 2.75) is 31.3 Å². The van der Waals surface area contributed by atoms with E-state index in [0.717, 1.165) is 0 Å². The van der Waals surface area contributed by atoms with Gasteiger partial charge >= 0.3 is 11.9 Å². The number of hydrogen-bond donors (Lipinski definition) is 0. The van der Waals surface area contributed by atoms with Crippen molar-refractivity contribution in [3.63, 3.8) is 0 Å². The lowest BCUT2D eigenvalue weighted by atomic mass is 10.1. The zero-order valence-electron chi connectivity index (χ0n) is 11.6. The summed E-state index contributed by atoms with van der Waals surface area (Å²) in [6, 6.07) is 8.75. The van der Waals surface area contributed by atoms with Crippen LogP contribution in [0, 0.1) is 0 Å². The summed E-state index contributed by atoms with van der Waals surface area (Å²) in [7, 11) is 0. The predicted octanol–water partition coefficient (Wildman–Crippen LogP) is 0.941. The molecule has 2 fully saturated rings. The summed E-state index contributed by atoms with van der Waals surface area (Å²) in [4.78, 5) is 23.0. The molecule has 0 spiro atoms. The summed E-state index contributed by atoms with van der Waals surface area (Å²) in [6.45, 7) is 1.84. The lowest BCUT2D eigenvalue weighted by molar-refractivity contribution is -0.151. The average molecular weight is 292 g/mol. The highest BCUT2D eigenvalue weighted by atomic mass is 16.7. The molecule has 0 aliphatic carbocycles. The Kier molecular flexibility index (Phi) is 3.90. The number of esters is 2. The molecule has 4 unspecified atom stereocenters. The molecule has 6 nitrogen and oxygen atoms in total. The zero-order chi connectivity index (χ0) is 14.8. The lowest BCUT2D eigenvalue weighted by Crippen LogP contribution is -2.35. The molecule has 6 heteroatoms. The van der Waals surface area contributed by atoms with Crippen LogP contribution in [0.3, 0.4) is 0 Å². The molecule has 4 atom stereocenters. The van der Waals surface area contributed by atoms with Gasteiger partial charge in [0.15, 0.2) is 12.2 Å². The van der Waals surface area contributed by atoms with E-state index in [0.29, 0.717) is 5.56 Å². The second-order valence-corrected chi connectivity index (χ2v) is 5.05. The summed E-state index contributed by atoms with van der Waals surface area (Å²) in [5, 5.41) is 0. The molecular formula is C15H16O6. The second-order valence-electron chi connectivity index (χ2n) is 5.05. The Morgan fingerprint density at radius 1 is 1.00 bits per heavy atom. The first-order valence-electron chi connectivity index (χ1n) is 6.81. The standard InChI is InChI=1S/C15H16O6/c1-9(16)20-11-7-18-14-12(8-19-13(11)14)21-15(17)10-5-3-2-4-6-10/h2-6,11-14H,7-8H2,1H3. The van der Waals surface area contributed by atoms with Crippen molar-refractivity contribution in [3.05, 3.63) is 35.9 Å². The van der Waals surface area contributed by atoms with E-state index in [1.54, 1.807) is 24.3 Å². The highest BCUT2D eigenvalue weighted by molar-refractivity contribution is 5.89. The number of fused-ring (bicyclic) bond motifs is 1. The normalized spacial score (nSPS) is 30.7. The molecule has 2 aliphatic heterocycles. The largest absolute Gasteiger partial charge is 0.457 e. The number of carbonyl (C=O) groups excluding carboxylic acids is 2. The van der Waals surface area contributed by atoms with Crippen molar-refractivity contribution in [3.8, 4) is 0 Å². The smallest absolute Gasteiger partial charge is 0.338 e. The molecule has 2 saturated heterocycles. The maximum Gasteiger partial charge on any atom is 0.338 e. The molecule has 0 bridgehead atoms. The van der Waals surface area contributed by atoms with Gasteiger partial charge in [0.05, 0.1) is 18.8 Å². The van der Waals surface area contributed by atoms with Gasteiger partial charge in [0, 0.05) is 6.92 Å². The third-order valence-electron chi connectivity index (χ3n) is 3.55. The minimum Gasteiger partial charge on any atom is -0.457 e. The quantitative estimate of drug-likeness (QED) is 0.772. The van der Waals surface area contributed by atoms with Crippen molar-refractivity contribution < 1.29 is 28.5 Å². The molecule has 21 heavy (non-hydrogen) atoms. The number of carbonyl (C=O) groups is 2. The molecule has 1 aromatic rings. The van der Waals surface area contributed by atoms with Gasteiger partial charge < -0.3 is 18.9 Å². The van der Waals surface area contributed by atoms with Gasteiger partial charge in [-0.3, -0.25) is 4.79 Å². The Morgan fingerprint density at radius 2 is 1.57 bits per heavy atom. The number of rotatable bonds is 3. The van der Waals surface area contributed by atoms with Crippen LogP contribution in [0.4, 0.5) is 0 Å². The monoisotopic (exact) mass is 292 g/mol. The Bertz CT molecular complexity index is 528. The molecule has 0 aromatic heterocycles. The van der Waals surface area contributed by atoms with Crippen LogP contribution in [0.15, 0.2) is 30.3 Å². The fourth-order valence-electron chi connectivity index (χ4n) is 2.62. The van der Waals surface area contributed by atoms with Crippen LogP contribution in [0.25, 0.3) is 0 Å². The molecule has 0 amide bonds. The van der Waals surface area contributed by atoms with Crippen LogP contribution < -0.4 is 0 Å². The van der Waals surface area contributed by atoms with Gasteiger partial charge in [0.25, 0.3) is 0 Å². The van der Waals surface area contributed by atoms with Crippen LogP contribution in [0.5, 0.6) is 0 Å². The number of ether oxygens (including phenoxy) is 4. The van der Waals surface area contributed by atoms with Crippen LogP contribution in [0.2, 0.25) is 0 Å². The molecule has 1 aromatic carbocycles. The second kappa shape index (κ2) is 5.83. The van der Waals surface area contributed by atoms with Crippen LogP contribution >= 0.6 is 0 Å². The van der Waals surface area contributed by atoms with Gasteiger partial charge in [-0.15, -0.1) is 0 Å². The van der Waals surface area contributed by atoms with E-state index < -0.39 is 18.2 Å². The molecule has 3 rings (SSSR count). The van der Waals surface area contributed by atoms with Crippen molar-refractivity contribution in [2.24, 2.45) is 0 Å². The third kappa shape index (κ3) is 2.91. The SMILES string of the molecule is CC(=O)OC1COC2C(OC(=O)c3ccccc3)COC12. The molecule has 112 valence electrons. The summed E-state index contributed by atoms with van der Waals surface area (Å²) in [5.74, 6) is -0.790. The van der Waals surface area contributed by atoms with Crippen molar-refractivity contribution in [2.75, 3.05) is 13.2 Å². The fourth-order valence-corrected chi connectivity index (χ4v) is 2.62. The minimum absolute atomic E-state index is 0.242. The van der Waals surface area contributed by atoms with E-state index in [4.69, 9.17) is 18.9 Å². The molecule has 0 N–H and O–H groups in total. The highest BCUT2D eigenvalue weighted by Gasteiger charge is 2.51. The van der Waals surface area contributed by atoms with E-state index in [9.17, 15) is 9.59 Å². The van der Waals surface area contributed by atoms with Crippen molar-refractivity contribution >= 4 is 11.9 Å². The molecule has 2 heterocycles.